The molecule has 0 bridgehead atoms. The lowest BCUT2D eigenvalue weighted by atomic mass is 10.2. The monoisotopic (exact) mass is 213 g/mol. The van der Waals surface area contributed by atoms with Crippen LogP contribution in [0.1, 0.15) is 20.3 Å². The van der Waals surface area contributed by atoms with E-state index in [9.17, 15) is 9.59 Å². The Morgan fingerprint density at radius 3 is 2.47 bits per heavy atom. The van der Waals surface area contributed by atoms with Gasteiger partial charge < -0.3 is 15.3 Å². The van der Waals surface area contributed by atoms with Gasteiger partial charge in [0.25, 0.3) is 0 Å². The lowest BCUT2D eigenvalue weighted by Gasteiger charge is -2.24. The van der Waals surface area contributed by atoms with E-state index in [0.29, 0.717) is 0 Å². The van der Waals surface area contributed by atoms with Crippen molar-refractivity contribution in [2.24, 2.45) is 0 Å². The first-order valence-corrected chi connectivity index (χ1v) is 4.53. The third-order valence-corrected chi connectivity index (χ3v) is 2.08. The fourth-order valence-corrected chi connectivity index (χ4v) is 0.818. The highest BCUT2D eigenvalue weighted by molar-refractivity contribution is 5.82. The van der Waals surface area contributed by atoms with Gasteiger partial charge in [-0.1, -0.05) is 0 Å². The molecule has 0 aliphatic rings. The summed E-state index contributed by atoms with van der Waals surface area (Å²) in [6.07, 6.45) is 0.214. The molecule has 2 atom stereocenters. The fourth-order valence-electron chi connectivity index (χ4n) is 0.818. The number of carboxylic acid groups (broad SMARTS) is 1. The lowest BCUT2D eigenvalue weighted by Crippen LogP contribution is -2.47. The maximum absolute atomic E-state index is 11.4. The summed E-state index contributed by atoms with van der Waals surface area (Å²) < 4.78 is 0. The van der Waals surface area contributed by atoms with Crippen LogP contribution in [0.5, 0.6) is 0 Å². The Morgan fingerprint density at radius 1 is 1.53 bits per heavy atom. The highest BCUT2D eigenvalue weighted by atomic mass is 16.4. The molecule has 2 amide bonds. The zero-order chi connectivity index (χ0) is 12.0. The van der Waals surface area contributed by atoms with Gasteiger partial charge in [0.15, 0.2) is 0 Å². The number of amides is 2. The van der Waals surface area contributed by atoms with Crippen molar-refractivity contribution in [3.63, 3.8) is 0 Å². The number of carbonyl (C=O) groups is 2. The predicted octanol–water partition coefficient (Wildman–Crippen LogP) is 0.403. The van der Waals surface area contributed by atoms with E-state index in [1.54, 1.807) is 6.92 Å². The molecule has 0 heterocycles. The maximum Gasteiger partial charge on any atom is 0.325 e. The first kappa shape index (κ1) is 13.2. The minimum absolute atomic E-state index is 0.214. The quantitative estimate of drug-likeness (QED) is 0.707. The molecule has 0 aromatic heterocycles. The molecule has 0 rings (SSSR count). The molecule has 0 aromatic rings. The van der Waals surface area contributed by atoms with Crippen molar-refractivity contribution in [3.05, 3.63) is 0 Å². The van der Waals surface area contributed by atoms with E-state index in [1.807, 2.05) is 6.07 Å². The van der Waals surface area contributed by atoms with Crippen molar-refractivity contribution in [3.8, 4) is 6.07 Å². The van der Waals surface area contributed by atoms with Crippen LogP contribution >= 0.6 is 0 Å². The van der Waals surface area contributed by atoms with Gasteiger partial charge in [0.05, 0.1) is 12.5 Å². The maximum atomic E-state index is 11.4. The first-order valence-electron chi connectivity index (χ1n) is 4.53. The summed E-state index contributed by atoms with van der Waals surface area (Å²) in [7, 11) is 1.52. The van der Waals surface area contributed by atoms with Crippen molar-refractivity contribution in [2.45, 2.75) is 32.4 Å². The second-order valence-corrected chi connectivity index (χ2v) is 3.33. The Balaban J connectivity index is 4.22. The summed E-state index contributed by atoms with van der Waals surface area (Å²) in [5, 5.41) is 19.3. The van der Waals surface area contributed by atoms with Gasteiger partial charge in [0.1, 0.15) is 6.04 Å². The summed E-state index contributed by atoms with van der Waals surface area (Å²) >= 11 is 0. The van der Waals surface area contributed by atoms with Gasteiger partial charge in [-0.05, 0) is 13.8 Å². The Labute approximate surface area is 88.5 Å². The third-order valence-electron chi connectivity index (χ3n) is 2.08. The molecule has 0 spiro atoms. The highest BCUT2D eigenvalue weighted by Crippen LogP contribution is 2.00. The standard InChI is InChI=1S/C9H15N3O3/c1-6(4-5-10)12(3)9(15)11-7(2)8(13)14/h6-7H,4H2,1-3H3,(H,11,15)(H,13,14)/t6?,7-/m0/s1. The van der Waals surface area contributed by atoms with Crippen molar-refractivity contribution in [1.82, 2.24) is 10.2 Å². The molecule has 1 unspecified atom stereocenters. The molecule has 84 valence electrons. The number of rotatable bonds is 4. The molecular formula is C9H15N3O3. The van der Waals surface area contributed by atoms with E-state index >= 15 is 0 Å². The smallest absolute Gasteiger partial charge is 0.325 e. The van der Waals surface area contributed by atoms with Gasteiger partial charge in [-0.15, -0.1) is 0 Å². The molecular weight excluding hydrogens is 198 g/mol. The van der Waals surface area contributed by atoms with Gasteiger partial charge in [-0.3, -0.25) is 4.79 Å². The van der Waals surface area contributed by atoms with Gasteiger partial charge >= 0.3 is 12.0 Å². The molecule has 6 nitrogen and oxygen atoms in total. The Hall–Kier alpha value is -1.77. The Morgan fingerprint density at radius 2 is 2.07 bits per heavy atom. The van der Waals surface area contributed by atoms with Crippen LogP contribution in [-0.2, 0) is 4.79 Å². The third kappa shape index (κ3) is 4.31. The zero-order valence-corrected chi connectivity index (χ0v) is 9.02. The largest absolute Gasteiger partial charge is 0.480 e. The van der Waals surface area contributed by atoms with Crippen LogP contribution in [-0.4, -0.2) is 41.1 Å². The topological polar surface area (TPSA) is 93.4 Å². The van der Waals surface area contributed by atoms with E-state index < -0.39 is 18.0 Å². The summed E-state index contributed by atoms with van der Waals surface area (Å²) in [6, 6.07) is 0.273. The lowest BCUT2D eigenvalue weighted by molar-refractivity contribution is -0.138. The van der Waals surface area contributed by atoms with E-state index in [2.05, 4.69) is 5.32 Å². The number of nitriles is 1. The van der Waals surface area contributed by atoms with Gasteiger partial charge in [0.2, 0.25) is 0 Å². The Bertz CT molecular complexity index is 285. The van der Waals surface area contributed by atoms with Crippen molar-refractivity contribution in [2.75, 3.05) is 7.05 Å². The molecule has 0 fully saturated rings. The summed E-state index contributed by atoms with van der Waals surface area (Å²) in [5.74, 6) is -1.09. The SMILES string of the molecule is CC(CC#N)N(C)C(=O)N[C@@H](C)C(=O)O. The average molecular weight is 213 g/mol. The van der Waals surface area contributed by atoms with E-state index in [0.717, 1.165) is 0 Å². The van der Waals surface area contributed by atoms with Crippen LogP contribution in [0.15, 0.2) is 0 Å². The number of nitrogens with one attached hydrogen (secondary N) is 1. The van der Waals surface area contributed by atoms with Crippen LogP contribution in [0.4, 0.5) is 4.79 Å². The Kier molecular flexibility index (Phi) is 5.16. The van der Waals surface area contributed by atoms with Crippen LogP contribution in [0.25, 0.3) is 0 Å². The van der Waals surface area contributed by atoms with Crippen LogP contribution in [0.3, 0.4) is 0 Å². The minimum atomic E-state index is -1.09. The minimum Gasteiger partial charge on any atom is -0.480 e. The van der Waals surface area contributed by atoms with Crippen molar-refractivity contribution in [1.29, 1.82) is 5.26 Å². The van der Waals surface area contributed by atoms with Gasteiger partial charge in [-0.25, -0.2) is 4.79 Å². The fraction of sp³-hybridized carbons (Fsp3) is 0.667. The zero-order valence-electron chi connectivity index (χ0n) is 9.02. The number of aliphatic carboxylic acids is 1. The number of carboxylic acids is 1. The number of nitrogens with zero attached hydrogens (tertiary/aromatic N) is 2. The van der Waals surface area contributed by atoms with Crippen molar-refractivity contribution < 1.29 is 14.7 Å². The van der Waals surface area contributed by atoms with Crippen LogP contribution in [0.2, 0.25) is 0 Å². The number of urea groups is 1. The van der Waals surface area contributed by atoms with E-state index in [1.165, 1.54) is 18.9 Å². The average Bonchev–Trinajstić information content (AvgIpc) is 2.16. The second-order valence-electron chi connectivity index (χ2n) is 3.33. The van der Waals surface area contributed by atoms with Crippen LogP contribution < -0.4 is 5.32 Å². The van der Waals surface area contributed by atoms with E-state index in [4.69, 9.17) is 10.4 Å². The molecule has 0 aromatic carbocycles. The van der Waals surface area contributed by atoms with E-state index in [-0.39, 0.29) is 12.5 Å². The molecule has 6 heteroatoms. The number of hydrogen-bond donors (Lipinski definition) is 2. The predicted molar refractivity (Wildman–Crippen MR) is 53.1 cm³/mol. The first-order chi connectivity index (χ1) is 6.90. The van der Waals surface area contributed by atoms with Gasteiger partial charge in [0, 0.05) is 13.1 Å². The van der Waals surface area contributed by atoms with Crippen LogP contribution in [0, 0.1) is 11.3 Å². The number of hydrogen-bond acceptors (Lipinski definition) is 3. The summed E-state index contributed by atoms with van der Waals surface area (Å²) in [6.45, 7) is 3.09. The molecule has 15 heavy (non-hydrogen) atoms. The van der Waals surface area contributed by atoms with Crippen molar-refractivity contribution >= 4 is 12.0 Å². The summed E-state index contributed by atoms with van der Waals surface area (Å²) in [5.41, 5.74) is 0. The highest BCUT2D eigenvalue weighted by Gasteiger charge is 2.19. The number of carbonyl (C=O) groups excluding carboxylic acids is 1. The molecule has 0 radical (unpaired) electrons. The summed E-state index contributed by atoms with van der Waals surface area (Å²) in [4.78, 5) is 23.2. The molecule has 0 saturated carbocycles. The molecule has 2 N–H and O–H groups in total. The normalized spacial score (nSPS) is 13.5. The molecule has 0 saturated heterocycles. The molecule has 0 aliphatic carbocycles. The van der Waals surface area contributed by atoms with Gasteiger partial charge in [-0.2, -0.15) is 5.26 Å². The second kappa shape index (κ2) is 5.86. The molecule has 0 aliphatic heterocycles.